The van der Waals surface area contributed by atoms with Crippen LogP contribution in [-0.4, -0.2) is 21.8 Å². The highest BCUT2D eigenvalue weighted by Crippen LogP contribution is 2.04. The average Bonchev–Trinajstić information content (AvgIpc) is 2.16. The molecule has 0 aliphatic carbocycles. The molecule has 0 rings (SSSR count). The number of nitrogens with zero attached hydrogens (tertiary/aromatic N) is 2. The number of hydrogen-bond donors (Lipinski definition) is 2. The Kier molecular flexibility index (Phi) is 6.96. The SMILES string of the molecule is CCCCCC(CC(C)=NO)=NO. The summed E-state index contributed by atoms with van der Waals surface area (Å²) in [5.41, 5.74) is 1.26. The number of hydrogen-bond acceptors (Lipinski definition) is 4. The van der Waals surface area contributed by atoms with Crippen LogP contribution in [0.5, 0.6) is 0 Å². The highest BCUT2D eigenvalue weighted by atomic mass is 16.4. The van der Waals surface area contributed by atoms with Gasteiger partial charge in [0.1, 0.15) is 0 Å². The number of oxime groups is 2. The molecule has 0 saturated heterocycles. The van der Waals surface area contributed by atoms with E-state index in [4.69, 9.17) is 10.4 Å². The molecule has 0 unspecified atom stereocenters. The minimum atomic E-state index is 0.455. The number of unbranched alkanes of at least 4 members (excludes halogenated alkanes) is 2. The lowest BCUT2D eigenvalue weighted by Gasteiger charge is -2.01. The molecule has 2 N–H and O–H groups in total. The lowest BCUT2D eigenvalue weighted by molar-refractivity contribution is 0.314. The molecule has 0 aromatic carbocycles. The second-order valence-corrected chi connectivity index (χ2v) is 3.14. The molecule has 0 aliphatic heterocycles. The molecule has 0 aromatic heterocycles. The van der Waals surface area contributed by atoms with E-state index in [1.807, 2.05) is 0 Å². The standard InChI is InChI=1S/C9H18N2O2/c1-3-4-5-6-9(11-13)7-8(2)10-12/h12-13H,3-7H2,1-2H3. The quantitative estimate of drug-likeness (QED) is 0.290. The third kappa shape index (κ3) is 6.13. The van der Waals surface area contributed by atoms with E-state index >= 15 is 0 Å². The Bertz CT molecular complexity index is 188. The maximum Gasteiger partial charge on any atom is 0.0628 e. The fourth-order valence-electron chi connectivity index (χ4n) is 1.08. The summed E-state index contributed by atoms with van der Waals surface area (Å²) in [6.07, 6.45) is 4.53. The molecule has 4 heteroatoms. The van der Waals surface area contributed by atoms with Crippen molar-refractivity contribution < 1.29 is 10.4 Å². The van der Waals surface area contributed by atoms with Crippen LogP contribution in [0.4, 0.5) is 0 Å². The van der Waals surface area contributed by atoms with Gasteiger partial charge >= 0.3 is 0 Å². The second kappa shape index (κ2) is 7.58. The maximum atomic E-state index is 8.62. The van der Waals surface area contributed by atoms with Crippen molar-refractivity contribution in [2.24, 2.45) is 10.3 Å². The smallest absolute Gasteiger partial charge is 0.0628 e. The molecule has 0 amide bonds. The lowest BCUT2D eigenvalue weighted by atomic mass is 10.1. The van der Waals surface area contributed by atoms with Crippen LogP contribution in [0.25, 0.3) is 0 Å². The van der Waals surface area contributed by atoms with E-state index in [9.17, 15) is 0 Å². The summed E-state index contributed by atoms with van der Waals surface area (Å²) in [4.78, 5) is 0. The topological polar surface area (TPSA) is 65.2 Å². The normalized spacial score (nSPS) is 13.4. The van der Waals surface area contributed by atoms with Gasteiger partial charge in [0.05, 0.1) is 11.4 Å². The van der Waals surface area contributed by atoms with Crippen LogP contribution in [0.1, 0.15) is 46.0 Å². The Morgan fingerprint density at radius 1 is 1.15 bits per heavy atom. The van der Waals surface area contributed by atoms with Crippen molar-refractivity contribution >= 4 is 11.4 Å². The molecule has 0 saturated carbocycles. The van der Waals surface area contributed by atoms with Gasteiger partial charge in [0.25, 0.3) is 0 Å². The van der Waals surface area contributed by atoms with Crippen LogP contribution >= 0.6 is 0 Å². The van der Waals surface area contributed by atoms with Crippen molar-refractivity contribution in [3.63, 3.8) is 0 Å². The van der Waals surface area contributed by atoms with E-state index in [0.29, 0.717) is 17.8 Å². The zero-order valence-corrected chi connectivity index (χ0v) is 8.32. The molecule has 4 nitrogen and oxygen atoms in total. The fourth-order valence-corrected chi connectivity index (χ4v) is 1.08. The van der Waals surface area contributed by atoms with E-state index < -0.39 is 0 Å². The average molecular weight is 186 g/mol. The van der Waals surface area contributed by atoms with Crippen LogP contribution in [0.2, 0.25) is 0 Å². The highest BCUT2D eigenvalue weighted by molar-refractivity contribution is 6.02. The minimum absolute atomic E-state index is 0.455. The van der Waals surface area contributed by atoms with Crippen LogP contribution < -0.4 is 0 Å². The Hall–Kier alpha value is -1.06. The van der Waals surface area contributed by atoms with Gasteiger partial charge in [-0.15, -0.1) is 0 Å². The van der Waals surface area contributed by atoms with Gasteiger partial charge in [-0.1, -0.05) is 30.1 Å². The molecule has 0 heterocycles. The van der Waals surface area contributed by atoms with E-state index in [2.05, 4.69) is 17.2 Å². The van der Waals surface area contributed by atoms with Crippen molar-refractivity contribution in [1.82, 2.24) is 0 Å². The summed E-state index contributed by atoms with van der Waals surface area (Å²) < 4.78 is 0. The Labute approximate surface area is 78.9 Å². The Balaban J connectivity index is 3.78. The summed E-state index contributed by atoms with van der Waals surface area (Å²) >= 11 is 0. The molecule has 13 heavy (non-hydrogen) atoms. The van der Waals surface area contributed by atoms with Gasteiger partial charge in [-0.25, -0.2) is 0 Å². The first kappa shape index (κ1) is 11.9. The van der Waals surface area contributed by atoms with E-state index in [-0.39, 0.29) is 0 Å². The molecule has 0 aromatic rings. The fraction of sp³-hybridized carbons (Fsp3) is 0.778. The molecule has 0 aliphatic rings. The van der Waals surface area contributed by atoms with Crippen molar-refractivity contribution in [1.29, 1.82) is 0 Å². The molecule has 0 bridgehead atoms. The minimum Gasteiger partial charge on any atom is -0.411 e. The first-order valence-electron chi connectivity index (χ1n) is 4.61. The van der Waals surface area contributed by atoms with Crippen LogP contribution in [0.3, 0.4) is 0 Å². The first-order chi connectivity index (χ1) is 6.24. The maximum absolute atomic E-state index is 8.62. The molecule has 0 atom stereocenters. The second-order valence-electron chi connectivity index (χ2n) is 3.14. The Morgan fingerprint density at radius 3 is 2.31 bits per heavy atom. The molecular weight excluding hydrogens is 168 g/mol. The van der Waals surface area contributed by atoms with Gasteiger partial charge in [0, 0.05) is 6.42 Å². The predicted molar refractivity (Wildman–Crippen MR) is 52.9 cm³/mol. The van der Waals surface area contributed by atoms with E-state index in [0.717, 1.165) is 25.7 Å². The van der Waals surface area contributed by atoms with Gasteiger partial charge in [-0.3, -0.25) is 0 Å². The number of rotatable bonds is 6. The highest BCUT2D eigenvalue weighted by Gasteiger charge is 2.02. The summed E-state index contributed by atoms with van der Waals surface area (Å²) in [6, 6.07) is 0. The predicted octanol–water partition coefficient (Wildman–Crippen LogP) is 2.64. The molecule has 0 radical (unpaired) electrons. The molecule has 0 fully saturated rings. The molecular formula is C9H18N2O2. The van der Waals surface area contributed by atoms with Gasteiger partial charge in [0.2, 0.25) is 0 Å². The van der Waals surface area contributed by atoms with Crippen molar-refractivity contribution in [2.75, 3.05) is 0 Å². The van der Waals surface area contributed by atoms with Gasteiger partial charge in [-0.05, 0) is 19.8 Å². The zero-order chi connectivity index (χ0) is 10.1. The first-order valence-corrected chi connectivity index (χ1v) is 4.61. The van der Waals surface area contributed by atoms with Crippen molar-refractivity contribution in [3.8, 4) is 0 Å². The third-order valence-corrected chi connectivity index (χ3v) is 1.84. The monoisotopic (exact) mass is 186 g/mol. The van der Waals surface area contributed by atoms with Gasteiger partial charge in [-0.2, -0.15) is 0 Å². The van der Waals surface area contributed by atoms with Crippen LogP contribution in [0, 0.1) is 0 Å². The van der Waals surface area contributed by atoms with Crippen molar-refractivity contribution in [2.45, 2.75) is 46.0 Å². The summed E-state index contributed by atoms with van der Waals surface area (Å²) in [5.74, 6) is 0. The van der Waals surface area contributed by atoms with Crippen molar-refractivity contribution in [3.05, 3.63) is 0 Å². The molecule has 76 valence electrons. The largest absolute Gasteiger partial charge is 0.411 e. The van der Waals surface area contributed by atoms with Gasteiger partial charge in [0.15, 0.2) is 0 Å². The van der Waals surface area contributed by atoms with E-state index in [1.165, 1.54) is 0 Å². The van der Waals surface area contributed by atoms with Crippen LogP contribution in [-0.2, 0) is 0 Å². The van der Waals surface area contributed by atoms with Crippen LogP contribution in [0.15, 0.2) is 10.3 Å². The van der Waals surface area contributed by atoms with Gasteiger partial charge < -0.3 is 10.4 Å². The lowest BCUT2D eigenvalue weighted by Crippen LogP contribution is -2.05. The van der Waals surface area contributed by atoms with E-state index in [1.54, 1.807) is 6.92 Å². The Morgan fingerprint density at radius 2 is 1.85 bits per heavy atom. The summed E-state index contributed by atoms with van der Waals surface area (Å²) in [6.45, 7) is 3.82. The summed E-state index contributed by atoms with van der Waals surface area (Å²) in [5, 5.41) is 23.2. The summed E-state index contributed by atoms with van der Waals surface area (Å²) in [7, 11) is 0. The third-order valence-electron chi connectivity index (χ3n) is 1.84. The molecule has 0 spiro atoms. The zero-order valence-electron chi connectivity index (χ0n) is 8.32.